The first-order chi connectivity index (χ1) is 9.69. The van der Waals surface area contributed by atoms with Gasteiger partial charge < -0.3 is 4.18 Å². The average molecular weight is 304 g/mol. The first-order valence-corrected chi connectivity index (χ1v) is 7.67. The van der Waals surface area contributed by atoms with Crippen LogP contribution in [0.25, 0.3) is 6.08 Å². The van der Waals surface area contributed by atoms with Crippen molar-refractivity contribution in [2.24, 2.45) is 0 Å². The number of benzene rings is 1. The SMILES string of the molecule is C/C=C1/C(=O)/C(=C/c2ccc(OS)cc2)CS/C1=C/C. The molecule has 1 aliphatic rings. The van der Waals surface area contributed by atoms with E-state index in [1.807, 2.05) is 56.3 Å². The Labute approximate surface area is 129 Å². The Kier molecular flexibility index (Phi) is 5.15. The summed E-state index contributed by atoms with van der Waals surface area (Å²) in [5.74, 6) is 1.51. The molecule has 2 rings (SSSR count). The maximum absolute atomic E-state index is 12.4. The maximum Gasteiger partial charge on any atom is 0.190 e. The van der Waals surface area contributed by atoms with Crippen molar-refractivity contribution >= 4 is 36.5 Å². The Balaban J connectivity index is 2.28. The average Bonchev–Trinajstić information content (AvgIpc) is 2.49. The molecule has 1 fully saturated rings. The van der Waals surface area contributed by atoms with Crippen molar-refractivity contribution in [3.8, 4) is 5.75 Å². The number of ketones is 1. The van der Waals surface area contributed by atoms with Crippen molar-refractivity contribution in [2.75, 3.05) is 5.75 Å². The molecule has 2 nitrogen and oxygen atoms in total. The van der Waals surface area contributed by atoms with Crippen LogP contribution in [0.4, 0.5) is 0 Å². The molecule has 0 aliphatic carbocycles. The molecule has 0 spiro atoms. The second-order valence-electron chi connectivity index (χ2n) is 4.30. The molecule has 0 N–H and O–H groups in total. The summed E-state index contributed by atoms with van der Waals surface area (Å²) in [5.41, 5.74) is 2.61. The Bertz CT molecular complexity index is 595. The summed E-state index contributed by atoms with van der Waals surface area (Å²) in [7, 11) is 0. The van der Waals surface area contributed by atoms with Gasteiger partial charge in [-0.15, -0.1) is 11.8 Å². The van der Waals surface area contributed by atoms with E-state index in [1.165, 1.54) is 0 Å². The molecule has 20 heavy (non-hydrogen) atoms. The molecule has 0 unspecified atom stereocenters. The van der Waals surface area contributed by atoms with E-state index in [4.69, 9.17) is 4.18 Å². The summed E-state index contributed by atoms with van der Waals surface area (Å²) in [6.45, 7) is 3.86. The number of carbonyl (C=O) groups excluding carboxylic acids is 1. The van der Waals surface area contributed by atoms with Crippen LogP contribution in [0.1, 0.15) is 19.4 Å². The zero-order valence-electron chi connectivity index (χ0n) is 11.4. The van der Waals surface area contributed by atoms with Gasteiger partial charge in [-0.05, 0) is 37.6 Å². The van der Waals surface area contributed by atoms with Gasteiger partial charge in [0.05, 0.1) is 0 Å². The van der Waals surface area contributed by atoms with Gasteiger partial charge in [0, 0.05) is 34.7 Å². The highest BCUT2D eigenvalue weighted by Gasteiger charge is 2.23. The van der Waals surface area contributed by atoms with Crippen LogP contribution in [0, 0.1) is 0 Å². The predicted octanol–water partition coefficient (Wildman–Crippen LogP) is 4.46. The number of carbonyl (C=O) groups is 1. The van der Waals surface area contributed by atoms with Gasteiger partial charge in [0.2, 0.25) is 0 Å². The lowest BCUT2D eigenvalue weighted by atomic mass is 10.0. The lowest BCUT2D eigenvalue weighted by Gasteiger charge is -2.19. The molecular formula is C16H16O2S2. The predicted molar refractivity (Wildman–Crippen MR) is 89.0 cm³/mol. The number of Topliss-reactive ketones (excluding diaryl/α,β-unsaturated/α-hetero) is 1. The van der Waals surface area contributed by atoms with E-state index >= 15 is 0 Å². The molecule has 0 aromatic heterocycles. The van der Waals surface area contributed by atoms with E-state index in [-0.39, 0.29) is 5.78 Å². The van der Waals surface area contributed by atoms with Gasteiger partial charge >= 0.3 is 0 Å². The summed E-state index contributed by atoms with van der Waals surface area (Å²) in [6.07, 6.45) is 5.82. The third-order valence-electron chi connectivity index (χ3n) is 3.06. The van der Waals surface area contributed by atoms with Crippen LogP contribution in [0.3, 0.4) is 0 Å². The normalized spacial score (nSPS) is 21.8. The lowest BCUT2D eigenvalue weighted by Crippen LogP contribution is -2.14. The van der Waals surface area contributed by atoms with E-state index in [2.05, 4.69) is 12.9 Å². The molecule has 0 atom stereocenters. The van der Waals surface area contributed by atoms with Crippen LogP contribution in [0.15, 0.2) is 52.5 Å². The van der Waals surface area contributed by atoms with Gasteiger partial charge in [-0.1, -0.05) is 24.3 Å². The van der Waals surface area contributed by atoms with Crippen LogP contribution in [0.2, 0.25) is 0 Å². The molecule has 4 heteroatoms. The highest BCUT2D eigenvalue weighted by molar-refractivity contribution is 8.03. The molecule has 1 saturated heterocycles. The van der Waals surface area contributed by atoms with Gasteiger partial charge in [0.1, 0.15) is 5.75 Å². The van der Waals surface area contributed by atoms with Gasteiger partial charge in [-0.25, -0.2) is 0 Å². The highest BCUT2D eigenvalue weighted by atomic mass is 32.2. The molecule has 1 heterocycles. The first-order valence-electron chi connectivity index (χ1n) is 6.32. The maximum atomic E-state index is 12.4. The van der Waals surface area contributed by atoms with Crippen LogP contribution in [-0.4, -0.2) is 11.5 Å². The molecule has 0 bridgehead atoms. The Hall–Kier alpha value is -1.39. The summed E-state index contributed by atoms with van der Waals surface area (Å²) >= 11 is 5.45. The number of thioether (sulfide) groups is 1. The zero-order chi connectivity index (χ0) is 14.5. The fourth-order valence-corrected chi connectivity index (χ4v) is 3.21. The molecular weight excluding hydrogens is 288 g/mol. The number of thiol groups is 1. The molecule has 1 aromatic rings. The number of rotatable bonds is 2. The minimum Gasteiger partial charge on any atom is -0.429 e. The zero-order valence-corrected chi connectivity index (χ0v) is 13.1. The summed E-state index contributed by atoms with van der Waals surface area (Å²) in [5, 5.41) is 0. The third-order valence-corrected chi connectivity index (χ3v) is 4.49. The molecule has 0 radical (unpaired) electrons. The molecule has 104 valence electrons. The van der Waals surface area contributed by atoms with Gasteiger partial charge in [0.15, 0.2) is 5.78 Å². The van der Waals surface area contributed by atoms with E-state index in [9.17, 15) is 4.79 Å². The van der Waals surface area contributed by atoms with Crippen molar-refractivity contribution in [1.29, 1.82) is 0 Å². The van der Waals surface area contributed by atoms with Crippen molar-refractivity contribution in [2.45, 2.75) is 13.8 Å². The quantitative estimate of drug-likeness (QED) is 0.496. The number of hydrogen-bond acceptors (Lipinski definition) is 4. The number of allylic oxidation sites excluding steroid dienone is 3. The van der Waals surface area contributed by atoms with Gasteiger partial charge in [0.25, 0.3) is 0 Å². The van der Waals surface area contributed by atoms with Crippen LogP contribution in [-0.2, 0) is 4.79 Å². The van der Waals surface area contributed by atoms with Crippen LogP contribution in [0.5, 0.6) is 5.75 Å². The number of hydrogen-bond donors (Lipinski definition) is 1. The lowest BCUT2D eigenvalue weighted by molar-refractivity contribution is -0.111. The molecule has 1 aromatic carbocycles. The first kappa shape index (κ1) is 15.0. The van der Waals surface area contributed by atoms with E-state index in [0.29, 0.717) is 11.5 Å². The van der Waals surface area contributed by atoms with Crippen molar-refractivity contribution in [3.63, 3.8) is 0 Å². The smallest absolute Gasteiger partial charge is 0.190 e. The fraction of sp³-hybridized carbons (Fsp3) is 0.188. The van der Waals surface area contributed by atoms with Crippen molar-refractivity contribution in [1.82, 2.24) is 0 Å². The van der Waals surface area contributed by atoms with Gasteiger partial charge in [-0.2, -0.15) is 0 Å². The largest absolute Gasteiger partial charge is 0.429 e. The topological polar surface area (TPSA) is 26.3 Å². The van der Waals surface area contributed by atoms with E-state index in [0.717, 1.165) is 21.6 Å². The van der Waals surface area contributed by atoms with E-state index in [1.54, 1.807) is 11.8 Å². The highest BCUT2D eigenvalue weighted by Crippen LogP contribution is 2.35. The Morgan fingerprint density at radius 2 is 1.90 bits per heavy atom. The standard InChI is InChI=1S/C16H16O2S2/c1-3-14-15(4-2)20-10-12(16(14)17)9-11-5-7-13(18-19)8-6-11/h3-9,19H,10H2,1-2H3/b12-9+,14-3+,15-4+. The van der Waals surface area contributed by atoms with Crippen LogP contribution >= 0.6 is 24.7 Å². The second-order valence-corrected chi connectivity index (χ2v) is 5.50. The van der Waals surface area contributed by atoms with Gasteiger partial charge in [-0.3, -0.25) is 4.79 Å². The minimum atomic E-state index is 0.119. The van der Waals surface area contributed by atoms with E-state index < -0.39 is 0 Å². The van der Waals surface area contributed by atoms with Crippen LogP contribution < -0.4 is 4.18 Å². The second kappa shape index (κ2) is 6.86. The third kappa shape index (κ3) is 3.19. The molecule has 1 aliphatic heterocycles. The Morgan fingerprint density at radius 3 is 2.45 bits per heavy atom. The summed E-state index contributed by atoms with van der Waals surface area (Å²) in [6, 6.07) is 7.48. The molecule has 0 saturated carbocycles. The summed E-state index contributed by atoms with van der Waals surface area (Å²) in [4.78, 5) is 13.5. The monoisotopic (exact) mass is 304 g/mol. The minimum absolute atomic E-state index is 0.119. The fourth-order valence-electron chi connectivity index (χ4n) is 2.03. The summed E-state index contributed by atoms with van der Waals surface area (Å²) < 4.78 is 4.83. The Morgan fingerprint density at radius 1 is 1.20 bits per heavy atom. The molecule has 0 amide bonds. The van der Waals surface area contributed by atoms with Crippen molar-refractivity contribution < 1.29 is 8.98 Å². The van der Waals surface area contributed by atoms with Crippen molar-refractivity contribution in [3.05, 3.63) is 58.0 Å².